The smallest absolute Gasteiger partial charge is 0.456 e. The largest absolute Gasteiger partial charge is 0.488 e. The van der Waals surface area contributed by atoms with Gasteiger partial charge in [0.1, 0.15) is 39.1 Å². The number of nitrogens with two attached hydrogens (primary N) is 1. The first-order valence-corrected chi connectivity index (χ1v) is 47.7. The zero-order valence-electron chi connectivity index (χ0n) is 67.0. The third-order valence-corrected chi connectivity index (χ3v) is 22.7. The number of benzene rings is 16. The number of nitrogens with zero attached hydrogens (tertiary/aromatic N) is 3. The first-order chi connectivity index (χ1) is 61.0. The average Bonchev–Trinajstić information content (AvgIpc) is 1.56. The van der Waals surface area contributed by atoms with Gasteiger partial charge in [-0.15, -0.1) is 0 Å². The summed E-state index contributed by atoms with van der Waals surface area (Å²) in [6, 6.07) is 126. The molecule has 0 spiro atoms. The number of rotatable bonds is 8. The second-order valence-corrected chi connectivity index (χ2v) is 30.4. The molecule has 19 heteroatoms. The van der Waals surface area contributed by atoms with Gasteiger partial charge >= 0.3 is 7.12 Å². The molecule has 0 radical (unpaired) electrons. The van der Waals surface area contributed by atoms with E-state index in [1.807, 2.05) is 148 Å². The summed E-state index contributed by atoms with van der Waals surface area (Å²) in [7, 11) is -1.41. The summed E-state index contributed by atoms with van der Waals surface area (Å²) >= 11 is 21.9. The first-order valence-electron chi connectivity index (χ1n) is 39.6. The van der Waals surface area contributed by atoms with E-state index < -0.39 is 7.12 Å². The molecule has 0 amide bonds. The number of nitrogens with one attached hydrogen (secondary N) is 1. The van der Waals surface area contributed by atoms with Gasteiger partial charge in [-0.3, -0.25) is 13.7 Å². The van der Waals surface area contributed by atoms with Crippen molar-refractivity contribution < 1.29 is 32.1 Å². The van der Waals surface area contributed by atoms with Gasteiger partial charge in [-0.25, -0.2) is 0 Å². The number of hydrogen-bond acceptors (Lipinski definition) is 9. The second kappa shape index (κ2) is 38.0. The van der Waals surface area contributed by atoms with Crippen LogP contribution in [0.3, 0.4) is 0 Å². The fraction of sp³-hybridized carbons (Fsp3) is 0.0286. The molecule has 0 atom stereocenters. The van der Waals surface area contributed by atoms with Crippen LogP contribution in [0.1, 0.15) is 0 Å². The zero-order valence-corrected chi connectivity index (χ0v) is 76.6. The highest BCUT2D eigenvalue weighted by atomic mass is 127. The lowest BCUT2D eigenvalue weighted by atomic mass is 9.81. The van der Waals surface area contributed by atoms with E-state index in [0.29, 0.717) is 10.5 Å². The molecule has 24 rings (SSSR count). The van der Waals surface area contributed by atoms with Crippen molar-refractivity contribution in [3.8, 4) is 39.3 Å². The molecule has 124 heavy (non-hydrogen) atoms. The number of para-hydroxylation sites is 8. The van der Waals surface area contributed by atoms with Gasteiger partial charge in [0.25, 0.3) is 0 Å². The molecule has 5 N–H and O–H groups in total. The van der Waals surface area contributed by atoms with Crippen LogP contribution in [0.15, 0.2) is 403 Å². The Labute approximate surface area is 773 Å². The van der Waals surface area contributed by atoms with Crippen LogP contribution in [-0.4, -0.2) is 45.7 Å². The van der Waals surface area contributed by atoms with Crippen LogP contribution in [0.5, 0.6) is 0 Å². The van der Waals surface area contributed by atoms with Gasteiger partial charge in [0.15, 0.2) is 0 Å². The summed E-state index contributed by atoms with van der Waals surface area (Å²) in [6.07, 6.45) is 0. The number of alkyl halides is 3. The normalized spacial score (nSPS) is 11.1. The molecule has 0 aliphatic heterocycles. The number of anilines is 3. The topological polar surface area (TPSA) is 159 Å². The van der Waals surface area contributed by atoms with Crippen molar-refractivity contribution in [3.63, 3.8) is 0 Å². The summed E-state index contributed by atoms with van der Waals surface area (Å²) in [4.78, 5) is 5.91. The molecule has 0 bridgehead atoms. The van der Waals surface area contributed by atoms with Crippen LogP contribution >= 0.6 is 107 Å². The number of furan rings is 5. The third kappa shape index (κ3) is 16.5. The van der Waals surface area contributed by atoms with Crippen molar-refractivity contribution in [2.75, 3.05) is 25.8 Å². The summed E-state index contributed by atoms with van der Waals surface area (Å²) in [5.74, 6) is 0. The van der Waals surface area contributed by atoms with Crippen LogP contribution in [0.25, 0.3) is 182 Å². The maximum Gasteiger partial charge on any atom is 0.488 e. The van der Waals surface area contributed by atoms with Gasteiger partial charge in [-0.05, 0) is 194 Å². The molecule has 0 aliphatic rings. The maximum atomic E-state index is 8.63. The van der Waals surface area contributed by atoms with Crippen molar-refractivity contribution in [2.24, 2.45) is 0 Å². The Morgan fingerprint density at radius 3 is 1.04 bits per heavy atom. The maximum absolute atomic E-state index is 8.63. The molecule has 0 saturated carbocycles. The number of nitrogen functional groups attached to an aromatic ring is 1. The van der Waals surface area contributed by atoms with E-state index in [0.717, 1.165) is 181 Å². The predicted molar refractivity (Wildman–Crippen MR) is 551 cm³/mol. The number of hydrogen-bond donors (Lipinski definition) is 4. The quantitative estimate of drug-likeness (QED) is 0.0503. The minimum Gasteiger partial charge on any atom is -0.456 e. The molecule has 0 saturated heterocycles. The van der Waals surface area contributed by atoms with Crippen LogP contribution < -0.4 is 16.5 Å². The molecule has 0 aliphatic carbocycles. The van der Waals surface area contributed by atoms with E-state index in [1.54, 1.807) is 24.3 Å². The van der Waals surface area contributed by atoms with Gasteiger partial charge in [0, 0.05) is 115 Å². The van der Waals surface area contributed by atoms with Gasteiger partial charge in [-0.1, -0.05) is 319 Å². The lowest BCUT2D eigenvalue weighted by Crippen LogP contribution is -2.29. The van der Waals surface area contributed by atoms with Crippen LogP contribution in [-0.2, 0) is 0 Å². The lowest BCUT2D eigenvalue weighted by molar-refractivity contribution is 0.426. The third-order valence-electron chi connectivity index (χ3n) is 21.5. The summed E-state index contributed by atoms with van der Waals surface area (Å²) in [5, 5.41) is 37.1. The average molecular weight is 2060 g/mol. The molecule has 24 aromatic rings. The number of fused-ring (bicyclic) bond motifs is 21. The van der Waals surface area contributed by atoms with Gasteiger partial charge < -0.3 is 43.2 Å². The monoisotopic (exact) mass is 2060 g/mol. The van der Waals surface area contributed by atoms with E-state index >= 15 is 0 Å². The fourth-order valence-electron chi connectivity index (χ4n) is 16.2. The van der Waals surface area contributed by atoms with Gasteiger partial charge in [0.05, 0.1) is 32.7 Å². The van der Waals surface area contributed by atoms with E-state index in [9.17, 15) is 0 Å². The van der Waals surface area contributed by atoms with E-state index in [4.69, 9.17) is 61.1 Å². The highest BCUT2D eigenvalue weighted by molar-refractivity contribution is 14.1. The molecule has 0 unspecified atom stereocenters. The molecule has 8 heterocycles. The van der Waals surface area contributed by atoms with Crippen molar-refractivity contribution in [1.82, 2.24) is 13.7 Å². The van der Waals surface area contributed by atoms with Crippen LogP contribution in [0.2, 0.25) is 10.0 Å². The molecule has 0 fully saturated rings. The SMILES string of the molecule is Brc1cccc2c1c1c3ccccc3oc1n2-c1ccccc1.CI.CI.CI.Clc1ccc(-c2cccc3c2c2c4ccccc4oc2n3-c2ccccc2)cc1.Nc1ccc2c(c1)oc1ccccc12.OB(O)c1ccc(Cl)cc1.c1ccc(-n2c3cccc(-c4ccc(Nc5ccc6c(c5)oc5ccccc56)cc4)c3c3c4ccccc4oc32)cc1. The van der Waals surface area contributed by atoms with Crippen molar-refractivity contribution in [1.29, 1.82) is 0 Å². The minimum absolute atomic E-state index is 0.449. The molecule has 12 nitrogen and oxygen atoms in total. The number of halogens is 6. The second-order valence-electron chi connectivity index (χ2n) is 28.7. The Morgan fingerprint density at radius 1 is 0.298 bits per heavy atom. The van der Waals surface area contributed by atoms with Crippen molar-refractivity contribution in [2.45, 2.75) is 0 Å². The molecule has 8 aromatic heterocycles. The standard InChI is InChI=1S/C38H24N2O2.C26H16ClNO.C20H12BrNO.C12H9NO.C6H6BClO2.3CH3I/c1-2-9-27(10-3-1)40-32-14-8-13-28(36(32)37-31-12-5-7-16-34(31)42-38(37)40)24-17-19-25(20-18-24)39-26-21-22-30-29-11-4-6-15-33(29)41-35(30)23-26;27-18-15-13-17(14-16-18)20-10-6-11-22-24(20)25-21-9-4-5-12-23(21)29-26(25)28(22)19-7-2-1-3-8-19;21-15-10-6-11-16-19(15)18-14-9-4-5-12-17(14)23-20(18)22(16)13-7-2-1-3-8-13;13-8-5-6-10-9-3-1-2-4-11(9)14-12(10)7-8;8-6-3-1-5(2-4-6)7(9)10;3*1-2/h1-23,39H;1-16H;1-12H;1-7H,13H2;1-4,9-10H;3*1H3. The lowest BCUT2D eigenvalue weighted by Gasteiger charge is -2.10. The predicted octanol–water partition coefficient (Wildman–Crippen LogP) is 31.3. The summed E-state index contributed by atoms with van der Waals surface area (Å²) in [5.41, 5.74) is 29.0. The number of aromatic nitrogens is 3. The minimum atomic E-state index is -1.41. The van der Waals surface area contributed by atoms with Gasteiger partial charge in [0.2, 0.25) is 17.1 Å². The zero-order chi connectivity index (χ0) is 85.5. The summed E-state index contributed by atoms with van der Waals surface area (Å²) < 4.78 is 38.6. The first kappa shape index (κ1) is 84.2. The van der Waals surface area contributed by atoms with E-state index in [1.165, 1.54) is 27.3 Å². The highest BCUT2D eigenvalue weighted by Crippen LogP contribution is 2.47. The summed E-state index contributed by atoms with van der Waals surface area (Å²) in [6.45, 7) is 0. The van der Waals surface area contributed by atoms with E-state index in [2.05, 4.69) is 321 Å². The molecular formula is C105H76BBrCl2I3N5O7. The Bertz CT molecular complexity index is 7890. The van der Waals surface area contributed by atoms with Crippen molar-refractivity contribution in [3.05, 3.63) is 391 Å². The Balaban J connectivity index is 0.000000116. The van der Waals surface area contributed by atoms with Crippen LogP contribution in [0.4, 0.5) is 17.1 Å². The fourth-order valence-corrected chi connectivity index (χ4v) is 17.0. The van der Waals surface area contributed by atoms with Gasteiger partial charge in [-0.2, -0.15) is 0 Å². The Kier molecular flexibility index (Phi) is 25.8. The van der Waals surface area contributed by atoms with Crippen LogP contribution in [0, 0.1) is 0 Å². The van der Waals surface area contributed by atoms with Crippen molar-refractivity contribution >= 4 is 279 Å². The molecule has 608 valence electrons. The Morgan fingerprint density at radius 2 is 0.621 bits per heavy atom. The van der Waals surface area contributed by atoms with E-state index in [-0.39, 0.29) is 0 Å². The molecule has 16 aromatic carbocycles. The molecular weight excluding hydrogens is 1990 g/mol. The Hall–Kier alpha value is -12.0. The highest BCUT2D eigenvalue weighted by Gasteiger charge is 2.26.